The molecule has 2 aromatic rings. The highest BCUT2D eigenvalue weighted by atomic mass is 16.5. The fourth-order valence-corrected chi connectivity index (χ4v) is 2.53. The highest BCUT2D eigenvalue weighted by Gasteiger charge is 2.26. The van der Waals surface area contributed by atoms with Gasteiger partial charge in [0.15, 0.2) is 0 Å². The molecule has 1 aliphatic rings. The molecule has 5 heteroatoms. The van der Waals surface area contributed by atoms with E-state index in [-0.39, 0.29) is 12.5 Å². The first kappa shape index (κ1) is 14.7. The van der Waals surface area contributed by atoms with Crippen LogP contribution in [0.5, 0.6) is 5.75 Å². The molecular formula is C17H20N2O3. The molecule has 0 atom stereocenters. The minimum atomic E-state index is -0.134. The first-order valence-electron chi connectivity index (χ1n) is 7.57. The number of hydrogen-bond acceptors (Lipinski definition) is 3. The Labute approximate surface area is 129 Å². The third-order valence-corrected chi connectivity index (χ3v) is 3.74. The van der Waals surface area contributed by atoms with Crippen LogP contribution in [0.1, 0.15) is 41.9 Å². The van der Waals surface area contributed by atoms with Gasteiger partial charge in [-0.2, -0.15) is 0 Å². The maximum Gasteiger partial charge on any atom is 0.272 e. The predicted octanol–water partition coefficient (Wildman–Crippen LogP) is 2.97. The molecular weight excluding hydrogens is 280 g/mol. The maximum absolute atomic E-state index is 12.4. The predicted molar refractivity (Wildman–Crippen MR) is 84.2 cm³/mol. The van der Waals surface area contributed by atoms with E-state index in [9.17, 15) is 9.90 Å². The van der Waals surface area contributed by atoms with Crippen LogP contribution in [-0.2, 0) is 6.61 Å². The number of hydrogen-bond donors (Lipinski definition) is 2. The van der Waals surface area contributed by atoms with Crippen LogP contribution in [-0.4, -0.2) is 22.2 Å². The summed E-state index contributed by atoms with van der Waals surface area (Å²) in [5, 5.41) is 12.3. The third kappa shape index (κ3) is 2.99. The molecule has 1 aliphatic carbocycles. The van der Waals surface area contributed by atoms with Gasteiger partial charge in [-0.25, -0.2) is 0 Å². The van der Waals surface area contributed by atoms with Crippen LogP contribution in [0, 0.1) is 0 Å². The largest absolute Gasteiger partial charge is 0.494 e. The molecule has 3 rings (SSSR count). The summed E-state index contributed by atoms with van der Waals surface area (Å²) in [6.45, 7) is 2.30. The Morgan fingerprint density at radius 1 is 1.41 bits per heavy atom. The molecule has 1 amide bonds. The van der Waals surface area contributed by atoms with Gasteiger partial charge in [-0.05, 0) is 50.1 Å². The van der Waals surface area contributed by atoms with Gasteiger partial charge in [0, 0.05) is 23.5 Å². The first-order valence-corrected chi connectivity index (χ1v) is 7.57. The van der Waals surface area contributed by atoms with E-state index in [1.54, 1.807) is 18.2 Å². The van der Waals surface area contributed by atoms with Gasteiger partial charge < -0.3 is 19.7 Å². The summed E-state index contributed by atoms with van der Waals surface area (Å²) in [7, 11) is 0. The van der Waals surface area contributed by atoms with Crippen LogP contribution in [0.2, 0.25) is 0 Å². The zero-order valence-electron chi connectivity index (χ0n) is 12.6. The molecule has 1 aromatic heterocycles. The van der Waals surface area contributed by atoms with Gasteiger partial charge in [-0.15, -0.1) is 0 Å². The molecule has 0 saturated heterocycles. The number of carbonyl (C=O) groups is 1. The molecule has 0 unspecified atom stereocenters. The van der Waals surface area contributed by atoms with E-state index in [1.807, 2.05) is 29.8 Å². The molecule has 0 radical (unpaired) electrons. The van der Waals surface area contributed by atoms with Crippen LogP contribution in [0.3, 0.4) is 0 Å². The lowest BCUT2D eigenvalue weighted by Crippen LogP contribution is -2.16. The van der Waals surface area contributed by atoms with E-state index in [2.05, 4.69) is 5.32 Å². The van der Waals surface area contributed by atoms with Gasteiger partial charge in [-0.3, -0.25) is 4.79 Å². The Hall–Kier alpha value is -2.27. The fraction of sp³-hybridized carbons (Fsp3) is 0.353. The topological polar surface area (TPSA) is 63.5 Å². The quantitative estimate of drug-likeness (QED) is 0.862. The number of amides is 1. The van der Waals surface area contributed by atoms with Crippen molar-refractivity contribution in [1.29, 1.82) is 0 Å². The van der Waals surface area contributed by atoms with E-state index in [4.69, 9.17) is 4.74 Å². The van der Waals surface area contributed by atoms with E-state index < -0.39 is 0 Å². The van der Waals surface area contributed by atoms with E-state index in [1.165, 1.54) is 0 Å². The SMILES string of the molecule is CCOc1ccc(NC(=O)c2cccn2C2CC2)cc1CO. The Morgan fingerprint density at radius 3 is 2.91 bits per heavy atom. The third-order valence-electron chi connectivity index (χ3n) is 3.74. The fourth-order valence-electron chi connectivity index (χ4n) is 2.53. The molecule has 0 bridgehead atoms. The number of ether oxygens (including phenoxy) is 1. The zero-order chi connectivity index (χ0) is 15.5. The lowest BCUT2D eigenvalue weighted by molar-refractivity contribution is 0.101. The average molecular weight is 300 g/mol. The number of rotatable bonds is 6. The van der Waals surface area contributed by atoms with Crippen LogP contribution in [0.15, 0.2) is 36.5 Å². The van der Waals surface area contributed by atoms with Crippen molar-refractivity contribution in [3.05, 3.63) is 47.8 Å². The molecule has 0 spiro atoms. The van der Waals surface area contributed by atoms with E-state index in [0.29, 0.717) is 35.3 Å². The van der Waals surface area contributed by atoms with Gasteiger partial charge in [-0.1, -0.05) is 0 Å². The Balaban J connectivity index is 1.77. The number of aromatic nitrogens is 1. The molecule has 1 heterocycles. The Kier molecular flexibility index (Phi) is 4.15. The van der Waals surface area contributed by atoms with Crippen molar-refractivity contribution in [2.24, 2.45) is 0 Å². The molecule has 0 aliphatic heterocycles. The summed E-state index contributed by atoms with van der Waals surface area (Å²) in [6.07, 6.45) is 4.21. The van der Waals surface area contributed by atoms with Crippen molar-refractivity contribution in [3.8, 4) is 5.75 Å². The molecule has 1 aromatic carbocycles. The maximum atomic E-state index is 12.4. The summed E-state index contributed by atoms with van der Waals surface area (Å²) in [5.41, 5.74) is 1.99. The average Bonchev–Trinajstić information content (AvgIpc) is 3.25. The minimum Gasteiger partial charge on any atom is -0.494 e. The summed E-state index contributed by atoms with van der Waals surface area (Å²) in [5.74, 6) is 0.509. The van der Waals surface area contributed by atoms with Crippen molar-refractivity contribution in [3.63, 3.8) is 0 Å². The summed E-state index contributed by atoms with van der Waals surface area (Å²) < 4.78 is 7.47. The second-order valence-electron chi connectivity index (χ2n) is 5.40. The monoisotopic (exact) mass is 300 g/mol. The number of aliphatic hydroxyl groups excluding tert-OH is 1. The van der Waals surface area contributed by atoms with Gasteiger partial charge in [0.25, 0.3) is 5.91 Å². The summed E-state index contributed by atoms with van der Waals surface area (Å²) in [6, 6.07) is 9.48. The zero-order valence-corrected chi connectivity index (χ0v) is 12.6. The molecule has 1 fully saturated rings. The van der Waals surface area contributed by atoms with E-state index in [0.717, 1.165) is 12.8 Å². The standard InChI is InChI=1S/C17H20N2O3/c1-2-22-16-8-5-13(10-12(16)11-20)18-17(21)15-4-3-9-19(15)14-6-7-14/h3-5,8-10,14,20H,2,6-7,11H2,1H3,(H,18,21). The number of aliphatic hydroxyl groups is 1. The smallest absolute Gasteiger partial charge is 0.272 e. The summed E-state index contributed by atoms with van der Waals surface area (Å²) >= 11 is 0. The van der Waals surface area contributed by atoms with Crippen LogP contribution in [0.4, 0.5) is 5.69 Å². The van der Waals surface area contributed by atoms with Crippen molar-refractivity contribution in [1.82, 2.24) is 4.57 Å². The van der Waals surface area contributed by atoms with Crippen LogP contribution >= 0.6 is 0 Å². The van der Waals surface area contributed by atoms with Crippen molar-refractivity contribution in [2.75, 3.05) is 11.9 Å². The lowest BCUT2D eigenvalue weighted by atomic mass is 10.2. The van der Waals surface area contributed by atoms with Gasteiger partial charge in [0.05, 0.1) is 13.2 Å². The normalized spacial score (nSPS) is 13.9. The van der Waals surface area contributed by atoms with Crippen molar-refractivity contribution in [2.45, 2.75) is 32.4 Å². The molecule has 2 N–H and O–H groups in total. The Bertz CT molecular complexity index is 674. The van der Waals surface area contributed by atoms with Gasteiger partial charge in [0.1, 0.15) is 11.4 Å². The molecule has 5 nitrogen and oxygen atoms in total. The van der Waals surface area contributed by atoms with Crippen molar-refractivity contribution >= 4 is 11.6 Å². The van der Waals surface area contributed by atoms with Crippen molar-refractivity contribution < 1.29 is 14.6 Å². The van der Waals surface area contributed by atoms with Gasteiger partial charge in [0.2, 0.25) is 0 Å². The highest BCUT2D eigenvalue weighted by Crippen LogP contribution is 2.36. The first-order chi connectivity index (χ1) is 10.7. The van der Waals surface area contributed by atoms with Crippen LogP contribution in [0.25, 0.3) is 0 Å². The number of anilines is 1. The molecule has 22 heavy (non-hydrogen) atoms. The minimum absolute atomic E-state index is 0.127. The second kappa shape index (κ2) is 6.23. The second-order valence-corrected chi connectivity index (χ2v) is 5.40. The number of nitrogens with zero attached hydrogens (tertiary/aromatic N) is 1. The van der Waals surface area contributed by atoms with Crippen LogP contribution < -0.4 is 10.1 Å². The summed E-state index contributed by atoms with van der Waals surface area (Å²) in [4.78, 5) is 12.4. The number of nitrogens with one attached hydrogen (secondary N) is 1. The molecule has 1 saturated carbocycles. The number of carbonyl (C=O) groups excluding carboxylic acids is 1. The lowest BCUT2D eigenvalue weighted by Gasteiger charge is -2.12. The van der Waals surface area contributed by atoms with E-state index >= 15 is 0 Å². The Morgan fingerprint density at radius 2 is 2.23 bits per heavy atom. The van der Waals surface area contributed by atoms with Gasteiger partial charge >= 0.3 is 0 Å². The highest BCUT2D eigenvalue weighted by molar-refractivity contribution is 6.03. The number of benzene rings is 1. The molecule has 116 valence electrons.